The van der Waals surface area contributed by atoms with Crippen molar-refractivity contribution in [2.75, 3.05) is 19.0 Å². The molecule has 5 rings (SSSR count). The van der Waals surface area contributed by atoms with Crippen LogP contribution in [0, 0.1) is 0 Å². The number of nitrogens with one attached hydrogen (secondary N) is 2. The molecule has 7 nitrogen and oxygen atoms in total. The highest BCUT2D eigenvalue weighted by molar-refractivity contribution is 7.12. The molecular formula is C25H21N3O4S. The maximum Gasteiger partial charge on any atom is 0.337 e. The van der Waals surface area contributed by atoms with Gasteiger partial charge in [0.25, 0.3) is 11.8 Å². The van der Waals surface area contributed by atoms with E-state index < -0.39 is 5.97 Å². The van der Waals surface area contributed by atoms with Gasteiger partial charge in [-0.25, -0.2) is 4.79 Å². The van der Waals surface area contributed by atoms with Gasteiger partial charge in [0.05, 0.1) is 17.6 Å². The summed E-state index contributed by atoms with van der Waals surface area (Å²) in [6.45, 7) is 1.01. The number of esters is 1. The number of thiophene rings is 1. The number of aromatic amines is 1. The van der Waals surface area contributed by atoms with Crippen molar-refractivity contribution in [2.24, 2.45) is 0 Å². The van der Waals surface area contributed by atoms with Crippen LogP contribution in [0.2, 0.25) is 0 Å². The average Bonchev–Trinajstić information content (AvgIpc) is 3.51. The van der Waals surface area contributed by atoms with Crippen molar-refractivity contribution >= 4 is 45.7 Å². The molecule has 0 saturated heterocycles. The van der Waals surface area contributed by atoms with Crippen LogP contribution in [0.3, 0.4) is 0 Å². The zero-order chi connectivity index (χ0) is 22.9. The standard InChI is InChI=1S/C25H21N3O4S/c1-32-25(31)16-7-8-20-18(13-16)19-14-28(10-9-21(19)27-20)24(30)15-4-2-5-17(12-15)26-23(29)22-6-3-11-33-22/h2-8,11-13,27H,9-10,14H2,1H3,(H,26,29). The summed E-state index contributed by atoms with van der Waals surface area (Å²) >= 11 is 1.36. The van der Waals surface area contributed by atoms with Gasteiger partial charge in [-0.2, -0.15) is 0 Å². The van der Waals surface area contributed by atoms with Gasteiger partial charge in [-0.1, -0.05) is 12.1 Å². The van der Waals surface area contributed by atoms with Gasteiger partial charge >= 0.3 is 5.97 Å². The lowest BCUT2D eigenvalue weighted by atomic mass is 10.0. The van der Waals surface area contributed by atoms with Crippen LogP contribution in [-0.2, 0) is 17.7 Å². The number of benzene rings is 2. The third-order valence-electron chi connectivity index (χ3n) is 5.80. The second-order valence-corrected chi connectivity index (χ2v) is 8.77. The average molecular weight is 460 g/mol. The third-order valence-corrected chi connectivity index (χ3v) is 6.66. The quantitative estimate of drug-likeness (QED) is 0.441. The van der Waals surface area contributed by atoms with Crippen LogP contribution in [-0.4, -0.2) is 41.3 Å². The lowest BCUT2D eigenvalue weighted by Gasteiger charge is -2.27. The van der Waals surface area contributed by atoms with Gasteiger partial charge in [-0.15, -0.1) is 11.3 Å². The highest BCUT2D eigenvalue weighted by atomic mass is 32.1. The van der Waals surface area contributed by atoms with Gasteiger partial charge in [0.15, 0.2) is 0 Å². The summed E-state index contributed by atoms with van der Waals surface area (Å²) < 4.78 is 4.84. The fourth-order valence-electron chi connectivity index (χ4n) is 4.15. The minimum atomic E-state index is -0.392. The summed E-state index contributed by atoms with van der Waals surface area (Å²) in [7, 11) is 1.36. The first-order valence-electron chi connectivity index (χ1n) is 10.5. The Balaban J connectivity index is 1.38. The van der Waals surface area contributed by atoms with Crippen LogP contribution in [0.4, 0.5) is 5.69 Å². The van der Waals surface area contributed by atoms with E-state index in [2.05, 4.69) is 10.3 Å². The van der Waals surface area contributed by atoms with E-state index in [1.807, 2.05) is 23.6 Å². The van der Waals surface area contributed by atoms with Gasteiger partial charge in [0.1, 0.15) is 0 Å². The predicted octanol–water partition coefficient (Wildman–Crippen LogP) is 4.47. The van der Waals surface area contributed by atoms with Crippen molar-refractivity contribution in [3.8, 4) is 0 Å². The molecule has 2 aromatic heterocycles. The maximum atomic E-state index is 13.3. The molecule has 0 unspecified atom stereocenters. The van der Waals surface area contributed by atoms with Crippen molar-refractivity contribution in [3.63, 3.8) is 0 Å². The molecule has 1 aliphatic rings. The first-order chi connectivity index (χ1) is 16.0. The summed E-state index contributed by atoms with van der Waals surface area (Å²) in [5.74, 6) is -0.694. The summed E-state index contributed by atoms with van der Waals surface area (Å²) in [6, 6.07) is 16.0. The van der Waals surface area contributed by atoms with E-state index in [1.165, 1.54) is 18.4 Å². The largest absolute Gasteiger partial charge is 0.465 e. The van der Waals surface area contributed by atoms with Crippen molar-refractivity contribution in [3.05, 3.63) is 87.2 Å². The number of nitrogens with zero attached hydrogens (tertiary/aromatic N) is 1. The van der Waals surface area contributed by atoms with Crippen molar-refractivity contribution in [1.82, 2.24) is 9.88 Å². The van der Waals surface area contributed by atoms with E-state index in [4.69, 9.17) is 4.74 Å². The zero-order valence-electron chi connectivity index (χ0n) is 17.9. The van der Waals surface area contributed by atoms with Crippen molar-refractivity contribution < 1.29 is 19.1 Å². The number of ether oxygens (including phenoxy) is 1. The van der Waals surface area contributed by atoms with E-state index in [-0.39, 0.29) is 11.8 Å². The Kier molecular flexibility index (Phi) is 5.43. The van der Waals surface area contributed by atoms with Gasteiger partial charge in [0.2, 0.25) is 0 Å². The highest BCUT2D eigenvalue weighted by Gasteiger charge is 2.25. The Hall–Kier alpha value is -3.91. The van der Waals surface area contributed by atoms with E-state index in [1.54, 1.807) is 41.3 Å². The lowest BCUT2D eigenvalue weighted by molar-refractivity contribution is 0.0600. The Labute approximate surface area is 194 Å². The number of amides is 2. The molecule has 8 heteroatoms. The van der Waals surface area contributed by atoms with Crippen molar-refractivity contribution in [1.29, 1.82) is 0 Å². The first kappa shape index (κ1) is 21.0. The fourth-order valence-corrected chi connectivity index (χ4v) is 4.76. The van der Waals surface area contributed by atoms with Gasteiger partial charge in [0, 0.05) is 52.9 Å². The third kappa shape index (κ3) is 4.01. The maximum absolute atomic E-state index is 13.3. The van der Waals surface area contributed by atoms with Crippen LogP contribution in [0.5, 0.6) is 0 Å². The summed E-state index contributed by atoms with van der Waals surface area (Å²) in [5.41, 5.74) is 4.58. The smallest absolute Gasteiger partial charge is 0.337 e. The molecule has 2 aromatic carbocycles. The van der Waals surface area contributed by atoms with E-state index in [9.17, 15) is 14.4 Å². The number of carbonyl (C=O) groups excluding carboxylic acids is 3. The second-order valence-electron chi connectivity index (χ2n) is 7.82. The normalized spacial score (nSPS) is 12.9. The summed E-state index contributed by atoms with van der Waals surface area (Å²) in [5, 5.41) is 5.62. The van der Waals surface area contributed by atoms with E-state index in [0.29, 0.717) is 41.2 Å². The first-order valence-corrected chi connectivity index (χ1v) is 11.4. The van der Waals surface area contributed by atoms with Gasteiger partial charge in [-0.05, 0) is 47.8 Å². The number of anilines is 1. The molecule has 1 aliphatic heterocycles. The number of rotatable bonds is 4. The highest BCUT2D eigenvalue weighted by Crippen LogP contribution is 2.29. The molecule has 33 heavy (non-hydrogen) atoms. The topological polar surface area (TPSA) is 91.5 Å². The van der Waals surface area contributed by atoms with Crippen molar-refractivity contribution in [2.45, 2.75) is 13.0 Å². The van der Waals surface area contributed by atoms with Crippen LogP contribution >= 0.6 is 11.3 Å². The molecule has 4 aromatic rings. The molecule has 0 fully saturated rings. The molecule has 0 aliphatic carbocycles. The number of fused-ring (bicyclic) bond motifs is 3. The molecule has 2 N–H and O–H groups in total. The number of aromatic nitrogens is 1. The molecule has 0 spiro atoms. The SMILES string of the molecule is COC(=O)c1ccc2[nH]c3c(c2c1)CN(C(=O)c1cccc(NC(=O)c2cccs2)c1)CC3. The van der Waals surface area contributed by atoms with Gasteiger partial charge < -0.3 is 19.9 Å². The molecule has 0 bridgehead atoms. The molecule has 2 amide bonds. The number of H-pyrrole nitrogens is 1. The van der Waals surface area contributed by atoms with Crippen LogP contribution in [0.1, 0.15) is 41.6 Å². The predicted molar refractivity (Wildman–Crippen MR) is 127 cm³/mol. The second kappa shape index (κ2) is 8.55. The molecule has 0 radical (unpaired) electrons. The molecular weight excluding hydrogens is 438 g/mol. The molecule has 166 valence electrons. The van der Waals surface area contributed by atoms with Crippen LogP contribution < -0.4 is 5.32 Å². The number of hydrogen-bond donors (Lipinski definition) is 2. The Morgan fingerprint density at radius 1 is 1.06 bits per heavy atom. The van der Waals surface area contributed by atoms with Crippen LogP contribution in [0.15, 0.2) is 60.0 Å². The minimum Gasteiger partial charge on any atom is -0.465 e. The summed E-state index contributed by atoms with van der Waals surface area (Å²) in [4.78, 5) is 43.4. The van der Waals surface area contributed by atoms with E-state index >= 15 is 0 Å². The molecule has 0 saturated carbocycles. The fraction of sp³-hybridized carbons (Fsp3) is 0.160. The Morgan fingerprint density at radius 2 is 1.94 bits per heavy atom. The lowest BCUT2D eigenvalue weighted by Crippen LogP contribution is -2.35. The number of methoxy groups -OCH3 is 1. The molecule has 3 heterocycles. The van der Waals surface area contributed by atoms with E-state index in [0.717, 1.165) is 22.2 Å². The summed E-state index contributed by atoms with van der Waals surface area (Å²) in [6.07, 6.45) is 0.693. The van der Waals surface area contributed by atoms with Gasteiger partial charge in [-0.3, -0.25) is 9.59 Å². The monoisotopic (exact) mass is 459 g/mol. The number of carbonyl (C=O) groups is 3. The number of hydrogen-bond acceptors (Lipinski definition) is 5. The van der Waals surface area contributed by atoms with Crippen LogP contribution in [0.25, 0.3) is 10.9 Å². The Morgan fingerprint density at radius 3 is 2.73 bits per heavy atom. The Bertz CT molecular complexity index is 1370. The molecule has 0 atom stereocenters. The minimum absolute atomic E-state index is 0.105. The zero-order valence-corrected chi connectivity index (χ0v) is 18.7.